The quantitative estimate of drug-likeness (QED) is 0.861. The Morgan fingerprint density at radius 1 is 1.11 bits per heavy atom. The maximum absolute atomic E-state index is 5.17. The number of anilines is 1. The van der Waals surface area contributed by atoms with Crippen molar-refractivity contribution in [3.8, 4) is 5.75 Å². The number of methoxy groups -OCH3 is 1. The van der Waals surface area contributed by atoms with Gasteiger partial charge in [-0.1, -0.05) is 28.1 Å². The molecular formula is C16H18BrNO. The summed E-state index contributed by atoms with van der Waals surface area (Å²) in [4.78, 5) is 0. The molecule has 0 aliphatic heterocycles. The Labute approximate surface area is 122 Å². The van der Waals surface area contributed by atoms with E-state index in [9.17, 15) is 0 Å². The molecule has 0 aliphatic carbocycles. The Bertz CT molecular complexity index is 551. The third-order valence-corrected chi connectivity index (χ3v) is 3.67. The summed E-state index contributed by atoms with van der Waals surface area (Å²) in [6.45, 7) is 4.26. The van der Waals surface area contributed by atoms with Crippen molar-refractivity contribution in [2.24, 2.45) is 0 Å². The van der Waals surface area contributed by atoms with Gasteiger partial charge in [-0.2, -0.15) is 0 Å². The number of nitrogens with one attached hydrogen (secondary N) is 1. The molecule has 2 rings (SSSR count). The molecule has 0 radical (unpaired) electrons. The second-order valence-electron chi connectivity index (χ2n) is 4.60. The highest BCUT2D eigenvalue weighted by molar-refractivity contribution is 9.10. The molecule has 1 N–H and O–H groups in total. The first-order valence-corrected chi connectivity index (χ1v) is 7.06. The third kappa shape index (κ3) is 3.51. The summed E-state index contributed by atoms with van der Waals surface area (Å²) in [6.07, 6.45) is 0. The largest absolute Gasteiger partial charge is 0.497 e. The second kappa shape index (κ2) is 6.11. The van der Waals surface area contributed by atoms with E-state index in [1.165, 1.54) is 11.1 Å². The number of hydrogen-bond donors (Lipinski definition) is 1. The normalized spacial score (nSPS) is 12.0. The molecule has 0 heterocycles. The Kier molecular flexibility index (Phi) is 4.48. The number of ether oxygens (including phenoxy) is 1. The van der Waals surface area contributed by atoms with Crippen LogP contribution in [0.5, 0.6) is 5.75 Å². The molecule has 0 saturated carbocycles. The lowest BCUT2D eigenvalue weighted by Gasteiger charge is -2.18. The number of halogens is 1. The van der Waals surface area contributed by atoms with Crippen LogP contribution in [0.1, 0.15) is 24.1 Å². The van der Waals surface area contributed by atoms with Crippen molar-refractivity contribution in [3.63, 3.8) is 0 Å². The van der Waals surface area contributed by atoms with Gasteiger partial charge in [0.1, 0.15) is 5.75 Å². The first kappa shape index (κ1) is 13.9. The van der Waals surface area contributed by atoms with Gasteiger partial charge in [0.15, 0.2) is 0 Å². The summed E-state index contributed by atoms with van der Waals surface area (Å²) in [7, 11) is 1.68. The summed E-state index contributed by atoms with van der Waals surface area (Å²) >= 11 is 3.48. The van der Waals surface area contributed by atoms with Gasteiger partial charge in [-0.25, -0.2) is 0 Å². The lowest BCUT2D eigenvalue weighted by Crippen LogP contribution is -2.07. The van der Waals surface area contributed by atoms with Gasteiger partial charge in [0, 0.05) is 16.2 Å². The van der Waals surface area contributed by atoms with E-state index < -0.39 is 0 Å². The first-order chi connectivity index (χ1) is 9.10. The van der Waals surface area contributed by atoms with Gasteiger partial charge >= 0.3 is 0 Å². The standard InChI is InChI=1S/C16H18BrNO/c1-11-10-14(17)6-9-16(11)18-12(2)13-4-7-15(19-3)8-5-13/h4-10,12,18H,1-3H3. The Morgan fingerprint density at radius 2 is 1.79 bits per heavy atom. The van der Waals surface area contributed by atoms with Crippen molar-refractivity contribution in [1.82, 2.24) is 0 Å². The first-order valence-electron chi connectivity index (χ1n) is 6.27. The van der Waals surface area contributed by atoms with Gasteiger partial charge in [0.2, 0.25) is 0 Å². The molecule has 0 bridgehead atoms. The van der Waals surface area contributed by atoms with E-state index in [1.807, 2.05) is 12.1 Å². The van der Waals surface area contributed by atoms with Crippen LogP contribution < -0.4 is 10.1 Å². The van der Waals surface area contributed by atoms with Crippen LogP contribution in [0.4, 0.5) is 5.69 Å². The molecule has 0 aromatic heterocycles. The molecule has 0 spiro atoms. The van der Waals surface area contributed by atoms with Crippen molar-refractivity contribution >= 4 is 21.6 Å². The Balaban J connectivity index is 2.13. The van der Waals surface area contributed by atoms with E-state index in [4.69, 9.17) is 4.74 Å². The zero-order valence-corrected chi connectivity index (χ0v) is 13.0. The molecule has 0 amide bonds. The van der Waals surface area contributed by atoms with Crippen LogP contribution >= 0.6 is 15.9 Å². The van der Waals surface area contributed by atoms with Crippen LogP contribution in [0, 0.1) is 6.92 Å². The fraction of sp³-hybridized carbons (Fsp3) is 0.250. The van der Waals surface area contributed by atoms with Crippen molar-refractivity contribution in [1.29, 1.82) is 0 Å². The predicted octanol–water partition coefficient (Wildman–Crippen LogP) is 4.94. The molecule has 2 nitrogen and oxygen atoms in total. The molecule has 0 fully saturated rings. The lowest BCUT2D eigenvalue weighted by molar-refractivity contribution is 0.414. The fourth-order valence-electron chi connectivity index (χ4n) is 2.00. The van der Waals surface area contributed by atoms with Crippen LogP contribution in [0.2, 0.25) is 0 Å². The van der Waals surface area contributed by atoms with E-state index in [0.29, 0.717) is 0 Å². The van der Waals surface area contributed by atoms with E-state index in [1.54, 1.807) is 7.11 Å². The maximum atomic E-state index is 5.17. The smallest absolute Gasteiger partial charge is 0.118 e. The summed E-state index contributed by atoms with van der Waals surface area (Å²) in [6, 6.07) is 14.7. The fourth-order valence-corrected chi connectivity index (χ4v) is 2.47. The molecule has 1 atom stereocenters. The predicted molar refractivity (Wildman–Crippen MR) is 83.9 cm³/mol. The summed E-state index contributed by atoms with van der Waals surface area (Å²) in [5.74, 6) is 0.885. The summed E-state index contributed by atoms with van der Waals surface area (Å²) < 4.78 is 6.28. The minimum atomic E-state index is 0.255. The van der Waals surface area contributed by atoms with E-state index >= 15 is 0 Å². The third-order valence-electron chi connectivity index (χ3n) is 3.18. The molecule has 0 aliphatic rings. The molecule has 0 saturated heterocycles. The maximum Gasteiger partial charge on any atom is 0.118 e. The molecule has 2 aromatic rings. The van der Waals surface area contributed by atoms with Crippen LogP contribution in [-0.4, -0.2) is 7.11 Å². The van der Waals surface area contributed by atoms with Gasteiger partial charge in [0.25, 0.3) is 0 Å². The number of hydrogen-bond acceptors (Lipinski definition) is 2. The van der Waals surface area contributed by atoms with Crippen LogP contribution in [0.25, 0.3) is 0 Å². The minimum Gasteiger partial charge on any atom is -0.497 e. The molecule has 100 valence electrons. The van der Waals surface area contributed by atoms with Crippen LogP contribution in [0.3, 0.4) is 0 Å². The monoisotopic (exact) mass is 319 g/mol. The zero-order chi connectivity index (χ0) is 13.8. The highest BCUT2D eigenvalue weighted by Gasteiger charge is 2.07. The van der Waals surface area contributed by atoms with E-state index in [2.05, 4.69) is 65.4 Å². The zero-order valence-electron chi connectivity index (χ0n) is 11.4. The summed E-state index contributed by atoms with van der Waals surface area (Å²) in [5, 5.41) is 3.53. The molecule has 3 heteroatoms. The van der Waals surface area contributed by atoms with Crippen LogP contribution in [0.15, 0.2) is 46.9 Å². The molecule has 19 heavy (non-hydrogen) atoms. The summed E-state index contributed by atoms with van der Waals surface area (Å²) in [5.41, 5.74) is 3.63. The van der Waals surface area contributed by atoms with Crippen molar-refractivity contribution in [2.75, 3.05) is 12.4 Å². The van der Waals surface area contributed by atoms with Gasteiger partial charge < -0.3 is 10.1 Å². The highest BCUT2D eigenvalue weighted by Crippen LogP contribution is 2.25. The van der Waals surface area contributed by atoms with Crippen LogP contribution in [-0.2, 0) is 0 Å². The Morgan fingerprint density at radius 3 is 2.37 bits per heavy atom. The molecule has 1 unspecified atom stereocenters. The average Bonchev–Trinajstić information content (AvgIpc) is 2.42. The number of rotatable bonds is 4. The van der Waals surface area contributed by atoms with Crippen molar-refractivity contribution in [3.05, 3.63) is 58.1 Å². The lowest BCUT2D eigenvalue weighted by atomic mass is 10.1. The van der Waals surface area contributed by atoms with Crippen molar-refractivity contribution < 1.29 is 4.74 Å². The van der Waals surface area contributed by atoms with Gasteiger partial charge in [-0.15, -0.1) is 0 Å². The number of benzene rings is 2. The van der Waals surface area contributed by atoms with Gasteiger partial charge in [-0.05, 0) is 55.3 Å². The van der Waals surface area contributed by atoms with E-state index in [-0.39, 0.29) is 6.04 Å². The topological polar surface area (TPSA) is 21.3 Å². The second-order valence-corrected chi connectivity index (χ2v) is 5.51. The molecule has 2 aromatic carbocycles. The number of aryl methyl sites for hydroxylation is 1. The minimum absolute atomic E-state index is 0.255. The van der Waals surface area contributed by atoms with Gasteiger partial charge in [0.05, 0.1) is 7.11 Å². The average molecular weight is 320 g/mol. The van der Waals surface area contributed by atoms with Gasteiger partial charge in [-0.3, -0.25) is 0 Å². The molecular weight excluding hydrogens is 302 g/mol. The van der Waals surface area contributed by atoms with Crippen molar-refractivity contribution in [2.45, 2.75) is 19.9 Å². The van der Waals surface area contributed by atoms with E-state index in [0.717, 1.165) is 15.9 Å². The SMILES string of the molecule is COc1ccc(C(C)Nc2ccc(Br)cc2C)cc1. The highest BCUT2D eigenvalue weighted by atomic mass is 79.9. The Hall–Kier alpha value is -1.48.